The molecule has 1 unspecified atom stereocenters. The largest absolute Gasteiger partial charge is 0.435 e. The fourth-order valence-corrected chi connectivity index (χ4v) is 5.52. The van der Waals surface area contributed by atoms with Crippen molar-refractivity contribution >= 4 is 51.6 Å². The van der Waals surface area contributed by atoms with Crippen molar-refractivity contribution in [3.8, 4) is 0 Å². The number of rotatable bonds is 5. The summed E-state index contributed by atoms with van der Waals surface area (Å²) >= 11 is 13.5. The molecule has 0 bridgehead atoms. The topological polar surface area (TPSA) is 63.0 Å². The Morgan fingerprint density at radius 2 is 1.86 bits per heavy atom. The van der Waals surface area contributed by atoms with Gasteiger partial charge in [0.15, 0.2) is 0 Å². The van der Waals surface area contributed by atoms with Crippen LogP contribution in [0.3, 0.4) is 0 Å². The summed E-state index contributed by atoms with van der Waals surface area (Å²) in [5.74, 6) is -0.287. The van der Waals surface area contributed by atoms with Crippen LogP contribution in [0.2, 0.25) is 10.0 Å². The van der Waals surface area contributed by atoms with Gasteiger partial charge in [-0.15, -0.1) is 11.8 Å². The van der Waals surface area contributed by atoms with Gasteiger partial charge in [0, 0.05) is 32.3 Å². The van der Waals surface area contributed by atoms with Crippen molar-refractivity contribution in [3.63, 3.8) is 0 Å². The zero-order chi connectivity index (χ0) is 25.6. The van der Waals surface area contributed by atoms with Crippen molar-refractivity contribution in [1.82, 2.24) is 5.32 Å². The first kappa shape index (κ1) is 25.9. The third-order valence-electron chi connectivity index (χ3n) is 5.75. The van der Waals surface area contributed by atoms with Gasteiger partial charge in [0.1, 0.15) is 0 Å². The zero-order valence-corrected chi connectivity index (χ0v) is 21.4. The molecule has 2 aromatic carbocycles. The van der Waals surface area contributed by atoms with E-state index in [4.69, 9.17) is 28.0 Å². The number of halogens is 5. The SMILES string of the molecule is Cc1cc(C2=NOC(c3cc(Cl)cc(Cl)c3)(C(F)(F)F)C2)ccc1C(=O)NCC1=NCC(C)(C)S1. The minimum Gasteiger partial charge on any atom is -0.374 e. The van der Waals surface area contributed by atoms with Crippen molar-refractivity contribution < 1.29 is 22.8 Å². The third kappa shape index (κ3) is 5.32. The molecule has 1 amide bonds. The normalized spacial score (nSPS) is 21.4. The second-order valence-electron chi connectivity index (χ2n) is 9.07. The highest BCUT2D eigenvalue weighted by Crippen LogP contribution is 2.49. The molecule has 11 heteroatoms. The molecule has 0 spiro atoms. The smallest absolute Gasteiger partial charge is 0.374 e. The van der Waals surface area contributed by atoms with Crippen LogP contribution in [0.15, 0.2) is 46.5 Å². The molecular weight excluding hydrogens is 522 g/mol. The number of nitrogens with zero attached hydrogens (tertiary/aromatic N) is 2. The second kappa shape index (κ2) is 9.33. The highest BCUT2D eigenvalue weighted by molar-refractivity contribution is 8.15. The van der Waals surface area contributed by atoms with Crippen LogP contribution in [0.4, 0.5) is 13.2 Å². The molecule has 0 saturated carbocycles. The van der Waals surface area contributed by atoms with Crippen LogP contribution in [0.5, 0.6) is 0 Å². The van der Waals surface area contributed by atoms with E-state index in [-0.39, 0.29) is 32.0 Å². The number of amides is 1. The highest BCUT2D eigenvalue weighted by atomic mass is 35.5. The quantitative estimate of drug-likeness (QED) is 0.465. The minimum absolute atomic E-state index is 0.0176. The zero-order valence-electron chi connectivity index (χ0n) is 19.1. The molecule has 2 aromatic rings. The number of alkyl halides is 3. The molecule has 1 N–H and O–H groups in total. The van der Waals surface area contributed by atoms with Crippen LogP contribution in [0.25, 0.3) is 0 Å². The number of aliphatic imine (C=N–C) groups is 1. The highest BCUT2D eigenvalue weighted by Gasteiger charge is 2.62. The van der Waals surface area contributed by atoms with Crippen molar-refractivity contribution in [2.45, 2.75) is 43.7 Å². The van der Waals surface area contributed by atoms with Crippen LogP contribution in [0, 0.1) is 6.92 Å². The Balaban J connectivity index is 1.52. The summed E-state index contributed by atoms with van der Waals surface area (Å²) in [6.07, 6.45) is -5.35. The number of carbonyl (C=O) groups is 1. The minimum atomic E-state index is -4.78. The van der Waals surface area contributed by atoms with Gasteiger partial charge in [-0.1, -0.05) is 34.4 Å². The van der Waals surface area contributed by atoms with Crippen molar-refractivity contribution in [2.24, 2.45) is 10.1 Å². The number of hydrogen-bond acceptors (Lipinski definition) is 5. The van der Waals surface area contributed by atoms with Crippen molar-refractivity contribution in [2.75, 3.05) is 13.1 Å². The molecule has 0 fully saturated rings. The molecule has 5 nitrogen and oxygen atoms in total. The number of benzene rings is 2. The number of aryl methyl sites for hydroxylation is 1. The standard InChI is InChI=1S/C24H22Cl2F3N3O2S/c1-13-6-14(4-5-18(13)21(33)30-11-20-31-12-22(2,3)35-20)19-10-23(34-32-19,24(27,28)29)15-7-16(25)9-17(26)8-15/h4-9H,10-12H2,1-3H3,(H,30,33). The first-order valence-electron chi connectivity index (χ1n) is 10.7. The van der Waals surface area contributed by atoms with Crippen LogP contribution in [0.1, 0.15) is 47.3 Å². The molecule has 2 aliphatic heterocycles. The number of hydrogen-bond donors (Lipinski definition) is 1. The molecule has 2 heterocycles. The van der Waals surface area contributed by atoms with Gasteiger partial charge in [-0.2, -0.15) is 13.2 Å². The molecule has 2 aliphatic rings. The van der Waals surface area contributed by atoms with Gasteiger partial charge >= 0.3 is 6.18 Å². The van der Waals surface area contributed by atoms with E-state index in [1.165, 1.54) is 18.2 Å². The Morgan fingerprint density at radius 1 is 1.17 bits per heavy atom. The maximum atomic E-state index is 14.2. The first-order chi connectivity index (χ1) is 16.3. The summed E-state index contributed by atoms with van der Waals surface area (Å²) in [5, 5.41) is 7.61. The van der Waals surface area contributed by atoms with E-state index in [2.05, 4.69) is 29.3 Å². The van der Waals surface area contributed by atoms with Crippen LogP contribution < -0.4 is 5.32 Å². The molecule has 4 rings (SSSR count). The lowest BCUT2D eigenvalue weighted by Crippen LogP contribution is -2.42. The van der Waals surface area contributed by atoms with Gasteiger partial charge in [0.25, 0.3) is 11.5 Å². The Morgan fingerprint density at radius 3 is 2.43 bits per heavy atom. The first-order valence-corrected chi connectivity index (χ1v) is 12.3. The number of nitrogens with one attached hydrogen (secondary N) is 1. The molecule has 0 aromatic heterocycles. The molecule has 1 atom stereocenters. The monoisotopic (exact) mass is 543 g/mol. The predicted molar refractivity (Wildman–Crippen MR) is 134 cm³/mol. The summed E-state index contributed by atoms with van der Waals surface area (Å²) in [4.78, 5) is 22.2. The number of oxime groups is 1. The fourth-order valence-electron chi connectivity index (χ4n) is 3.95. The van der Waals surface area contributed by atoms with E-state index in [1.54, 1.807) is 36.9 Å². The van der Waals surface area contributed by atoms with E-state index in [0.29, 0.717) is 29.8 Å². The average Bonchev–Trinajstić information content (AvgIpc) is 3.35. The Kier molecular flexibility index (Phi) is 6.89. The molecule has 0 aliphatic carbocycles. The second-order valence-corrected chi connectivity index (χ2v) is 11.7. The predicted octanol–water partition coefficient (Wildman–Crippen LogP) is 6.54. The van der Waals surface area contributed by atoms with E-state index in [1.807, 2.05) is 0 Å². The maximum Gasteiger partial charge on any atom is 0.435 e. The van der Waals surface area contributed by atoms with Gasteiger partial charge in [-0.05, 0) is 62.2 Å². The van der Waals surface area contributed by atoms with E-state index in [9.17, 15) is 18.0 Å². The summed E-state index contributed by atoms with van der Waals surface area (Å²) in [6.45, 7) is 6.91. The van der Waals surface area contributed by atoms with Crippen LogP contribution in [-0.4, -0.2) is 40.7 Å². The van der Waals surface area contributed by atoms with Crippen LogP contribution >= 0.6 is 35.0 Å². The third-order valence-corrected chi connectivity index (χ3v) is 7.38. The summed E-state index contributed by atoms with van der Waals surface area (Å²) in [7, 11) is 0. The van der Waals surface area contributed by atoms with Crippen LogP contribution in [-0.2, 0) is 10.4 Å². The fraction of sp³-hybridized carbons (Fsp3) is 0.375. The van der Waals surface area contributed by atoms with Gasteiger partial charge in [0.2, 0.25) is 0 Å². The van der Waals surface area contributed by atoms with Gasteiger partial charge in [-0.3, -0.25) is 9.79 Å². The lowest BCUT2D eigenvalue weighted by atomic mass is 9.86. The Bertz CT molecular complexity index is 1230. The van der Waals surface area contributed by atoms with E-state index in [0.717, 1.165) is 5.04 Å². The summed E-state index contributed by atoms with van der Waals surface area (Å²) in [5.41, 5.74) is -1.40. The average molecular weight is 544 g/mol. The molecule has 0 saturated heterocycles. The summed E-state index contributed by atoms with van der Waals surface area (Å²) < 4.78 is 42.7. The maximum absolute atomic E-state index is 14.2. The lowest BCUT2D eigenvalue weighted by molar-refractivity contribution is -0.275. The Hall–Kier alpha value is -2.23. The molecule has 0 radical (unpaired) electrons. The molecule has 35 heavy (non-hydrogen) atoms. The van der Waals surface area contributed by atoms with Crippen molar-refractivity contribution in [1.29, 1.82) is 0 Å². The van der Waals surface area contributed by atoms with Gasteiger partial charge in [-0.25, -0.2) is 0 Å². The lowest BCUT2D eigenvalue weighted by Gasteiger charge is -2.29. The van der Waals surface area contributed by atoms with Crippen molar-refractivity contribution in [3.05, 3.63) is 68.7 Å². The number of carbonyl (C=O) groups excluding carboxylic acids is 1. The Labute approximate surface area is 215 Å². The molecular formula is C24H22Cl2F3N3O2S. The van der Waals surface area contributed by atoms with Gasteiger partial charge < -0.3 is 10.2 Å². The molecule has 186 valence electrons. The van der Waals surface area contributed by atoms with Gasteiger partial charge in [0.05, 0.1) is 23.8 Å². The van der Waals surface area contributed by atoms with E-state index < -0.39 is 18.2 Å². The number of thioether (sulfide) groups is 1. The van der Waals surface area contributed by atoms with E-state index >= 15 is 0 Å². The summed E-state index contributed by atoms with van der Waals surface area (Å²) in [6, 6.07) is 8.45.